The fraction of sp³-hybridized carbons (Fsp3) is 0.333. The molecule has 1 unspecified atom stereocenters. The number of methoxy groups -OCH3 is 1. The highest BCUT2D eigenvalue weighted by molar-refractivity contribution is 9.10. The Labute approximate surface area is 131 Å². The highest BCUT2D eigenvalue weighted by Gasteiger charge is 2.14. The lowest BCUT2D eigenvalue weighted by Crippen LogP contribution is -2.22. The summed E-state index contributed by atoms with van der Waals surface area (Å²) >= 11 is 5.17. The Morgan fingerprint density at radius 3 is 2.75 bits per heavy atom. The molecule has 1 aromatic carbocycles. The highest BCUT2D eigenvalue weighted by atomic mass is 79.9. The third kappa shape index (κ3) is 3.81. The summed E-state index contributed by atoms with van der Waals surface area (Å²) in [6.07, 6.45) is 0.752. The molecule has 0 aliphatic rings. The Morgan fingerprint density at radius 1 is 1.40 bits per heavy atom. The van der Waals surface area contributed by atoms with Gasteiger partial charge in [-0.05, 0) is 52.7 Å². The molecule has 0 fully saturated rings. The van der Waals surface area contributed by atoms with E-state index in [9.17, 15) is 4.39 Å². The van der Waals surface area contributed by atoms with Gasteiger partial charge in [-0.25, -0.2) is 4.39 Å². The molecule has 108 valence electrons. The third-order valence-electron chi connectivity index (χ3n) is 3.04. The van der Waals surface area contributed by atoms with Gasteiger partial charge in [0.1, 0.15) is 0 Å². The zero-order chi connectivity index (χ0) is 14.5. The smallest absolute Gasteiger partial charge is 0.165 e. The molecule has 0 spiro atoms. The summed E-state index contributed by atoms with van der Waals surface area (Å²) in [6.45, 7) is 2.95. The molecule has 5 heteroatoms. The number of hydrogen-bond donors (Lipinski definition) is 1. The predicted molar refractivity (Wildman–Crippen MR) is 85.1 cm³/mol. The average molecular weight is 358 g/mol. The summed E-state index contributed by atoms with van der Waals surface area (Å²) in [7, 11) is 1.47. The molecule has 0 aliphatic heterocycles. The van der Waals surface area contributed by atoms with Crippen molar-refractivity contribution in [3.05, 3.63) is 50.4 Å². The summed E-state index contributed by atoms with van der Waals surface area (Å²) < 4.78 is 19.8. The average Bonchev–Trinajstić information content (AvgIpc) is 2.85. The number of thiophene rings is 1. The van der Waals surface area contributed by atoms with E-state index in [0.717, 1.165) is 23.0 Å². The van der Waals surface area contributed by atoms with Crippen LogP contribution >= 0.6 is 27.3 Å². The molecule has 1 N–H and O–H groups in total. The van der Waals surface area contributed by atoms with E-state index in [1.165, 1.54) is 12.0 Å². The quantitative estimate of drug-likeness (QED) is 0.818. The molecule has 1 heterocycles. The van der Waals surface area contributed by atoms with Crippen molar-refractivity contribution in [1.29, 1.82) is 0 Å². The van der Waals surface area contributed by atoms with Crippen LogP contribution in [-0.4, -0.2) is 13.7 Å². The van der Waals surface area contributed by atoms with Gasteiger partial charge >= 0.3 is 0 Å². The van der Waals surface area contributed by atoms with Gasteiger partial charge in [0, 0.05) is 20.8 Å². The summed E-state index contributed by atoms with van der Waals surface area (Å²) in [6, 6.07) is 7.44. The molecule has 1 atom stereocenters. The molecule has 0 amide bonds. The van der Waals surface area contributed by atoms with Crippen molar-refractivity contribution in [2.24, 2.45) is 0 Å². The van der Waals surface area contributed by atoms with Gasteiger partial charge in [0.2, 0.25) is 0 Å². The second-order valence-corrected chi connectivity index (χ2v) is 6.31. The van der Waals surface area contributed by atoms with E-state index >= 15 is 0 Å². The number of nitrogens with one attached hydrogen (secondary N) is 1. The summed E-state index contributed by atoms with van der Waals surface area (Å²) in [5, 5.41) is 5.51. The van der Waals surface area contributed by atoms with Crippen molar-refractivity contribution in [1.82, 2.24) is 5.32 Å². The molecule has 2 rings (SSSR count). The molecular formula is C15H17BrFNOS. The van der Waals surface area contributed by atoms with Crippen molar-refractivity contribution in [2.45, 2.75) is 19.4 Å². The van der Waals surface area contributed by atoms with E-state index in [2.05, 4.69) is 39.6 Å². The number of hydrogen-bond acceptors (Lipinski definition) is 3. The largest absolute Gasteiger partial charge is 0.494 e. The summed E-state index contributed by atoms with van der Waals surface area (Å²) in [4.78, 5) is 1.25. The van der Waals surface area contributed by atoms with Crippen LogP contribution in [0.3, 0.4) is 0 Å². The Morgan fingerprint density at radius 2 is 2.20 bits per heavy atom. The van der Waals surface area contributed by atoms with Gasteiger partial charge in [0.15, 0.2) is 11.6 Å². The lowest BCUT2D eigenvalue weighted by Gasteiger charge is -2.17. The zero-order valence-corrected chi connectivity index (χ0v) is 13.9. The Kier molecular flexibility index (Phi) is 5.57. The number of halogens is 2. The van der Waals surface area contributed by atoms with Crippen LogP contribution in [-0.2, 0) is 6.42 Å². The second kappa shape index (κ2) is 7.20. The maximum Gasteiger partial charge on any atom is 0.165 e. The molecule has 20 heavy (non-hydrogen) atoms. The molecule has 0 saturated heterocycles. The Hall–Kier alpha value is -0.910. The maximum absolute atomic E-state index is 13.7. The normalized spacial score (nSPS) is 12.4. The summed E-state index contributed by atoms with van der Waals surface area (Å²) in [5.41, 5.74) is 0.957. The monoisotopic (exact) mass is 357 g/mol. The molecule has 1 aromatic heterocycles. The lowest BCUT2D eigenvalue weighted by atomic mass is 10.0. The van der Waals surface area contributed by atoms with Crippen LogP contribution in [0.2, 0.25) is 0 Å². The van der Waals surface area contributed by atoms with Crippen molar-refractivity contribution in [2.75, 3.05) is 13.7 Å². The van der Waals surface area contributed by atoms with Gasteiger partial charge in [-0.15, -0.1) is 11.3 Å². The number of rotatable bonds is 6. The first-order valence-electron chi connectivity index (χ1n) is 6.43. The van der Waals surface area contributed by atoms with Crippen molar-refractivity contribution >= 4 is 27.3 Å². The van der Waals surface area contributed by atoms with Crippen LogP contribution in [0.15, 0.2) is 34.1 Å². The van der Waals surface area contributed by atoms with E-state index in [-0.39, 0.29) is 17.6 Å². The van der Waals surface area contributed by atoms with E-state index in [0.29, 0.717) is 0 Å². The van der Waals surface area contributed by atoms with E-state index in [1.807, 2.05) is 6.07 Å². The van der Waals surface area contributed by atoms with Gasteiger partial charge < -0.3 is 10.1 Å². The Bertz CT molecular complexity index is 573. The van der Waals surface area contributed by atoms with E-state index in [1.54, 1.807) is 23.5 Å². The Balaban J connectivity index is 2.17. The van der Waals surface area contributed by atoms with Crippen LogP contribution < -0.4 is 10.1 Å². The van der Waals surface area contributed by atoms with Crippen molar-refractivity contribution in [3.8, 4) is 5.75 Å². The lowest BCUT2D eigenvalue weighted by molar-refractivity contribution is 0.386. The number of benzene rings is 1. The van der Waals surface area contributed by atoms with Crippen LogP contribution in [0.1, 0.15) is 23.4 Å². The van der Waals surface area contributed by atoms with Crippen molar-refractivity contribution < 1.29 is 9.13 Å². The van der Waals surface area contributed by atoms with Crippen LogP contribution in [0.25, 0.3) is 0 Å². The van der Waals surface area contributed by atoms with Crippen molar-refractivity contribution in [3.63, 3.8) is 0 Å². The van der Waals surface area contributed by atoms with Crippen LogP contribution in [0, 0.1) is 5.82 Å². The molecule has 2 aromatic rings. The highest BCUT2D eigenvalue weighted by Crippen LogP contribution is 2.29. The number of likely N-dealkylation sites (N-methyl/N-ethyl adjacent to an activating group) is 1. The molecule has 0 radical (unpaired) electrons. The molecule has 2 nitrogen and oxygen atoms in total. The van der Waals surface area contributed by atoms with Gasteiger partial charge in [-0.3, -0.25) is 0 Å². The zero-order valence-electron chi connectivity index (χ0n) is 11.5. The summed E-state index contributed by atoms with van der Waals surface area (Å²) in [5.74, 6) is -0.0276. The van der Waals surface area contributed by atoms with Gasteiger partial charge in [-0.2, -0.15) is 0 Å². The second-order valence-electron chi connectivity index (χ2n) is 4.45. The van der Waals surface area contributed by atoms with Crippen LogP contribution in [0.4, 0.5) is 4.39 Å². The minimum atomic E-state index is -0.312. The molecular weight excluding hydrogens is 341 g/mol. The van der Waals surface area contributed by atoms with Gasteiger partial charge in [-0.1, -0.05) is 13.0 Å². The standard InChI is InChI=1S/C15H17BrFNOS/c1-3-18-13(15-8-11(16)9-20-15)7-10-4-5-14(19-2)12(17)6-10/h4-6,8-9,13,18H,3,7H2,1-2H3. The minimum Gasteiger partial charge on any atom is -0.494 e. The minimum absolute atomic E-state index is 0.198. The van der Waals surface area contributed by atoms with Gasteiger partial charge in [0.05, 0.1) is 7.11 Å². The number of ether oxygens (including phenoxy) is 1. The fourth-order valence-electron chi connectivity index (χ4n) is 2.10. The van der Waals surface area contributed by atoms with Gasteiger partial charge in [0.25, 0.3) is 0 Å². The first-order valence-corrected chi connectivity index (χ1v) is 8.11. The molecule has 0 bridgehead atoms. The first-order chi connectivity index (χ1) is 9.63. The topological polar surface area (TPSA) is 21.3 Å². The van der Waals surface area contributed by atoms with E-state index < -0.39 is 0 Å². The predicted octanol–water partition coefficient (Wildman–Crippen LogP) is 4.55. The van der Waals surface area contributed by atoms with Crippen LogP contribution in [0.5, 0.6) is 5.75 Å². The van der Waals surface area contributed by atoms with E-state index in [4.69, 9.17) is 4.74 Å². The third-order valence-corrected chi connectivity index (χ3v) is 4.84. The molecule has 0 saturated carbocycles. The SMILES string of the molecule is CCNC(Cc1ccc(OC)c(F)c1)c1cc(Br)cs1. The maximum atomic E-state index is 13.7. The fourth-order valence-corrected chi connectivity index (χ4v) is 3.62. The molecule has 0 aliphatic carbocycles. The first kappa shape index (κ1) is 15.5.